The fourth-order valence-electron chi connectivity index (χ4n) is 2.57. The number of H-pyrrole nitrogens is 1. The Bertz CT molecular complexity index is 816. The molecule has 132 valence electrons. The number of aromatic nitrogens is 1. The average molecular weight is 408 g/mol. The molecular formula is C17H18BrN3O4. The molecule has 1 aliphatic rings. The van der Waals surface area contributed by atoms with Gasteiger partial charge >= 0.3 is 0 Å². The highest BCUT2D eigenvalue weighted by Gasteiger charge is 2.32. The number of hydrazine groups is 1. The molecule has 7 nitrogen and oxygen atoms in total. The predicted molar refractivity (Wildman–Crippen MR) is 94.4 cm³/mol. The van der Waals surface area contributed by atoms with Crippen LogP contribution in [0.3, 0.4) is 0 Å². The number of hydrogen-bond acceptors (Lipinski definition) is 4. The van der Waals surface area contributed by atoms with Crippen molar-refractivity contribution in [3.05, 3.63) is 46.2 Å². The molecular weight excluding hydrogens is 390 g/mol. The molecule has 25 heavy (non-hydrogen) atoms. The fourth-order valence-corrected chi connectivity index (χ4v) is 2.92. The number of carbonyl (C=O) groups is 2. The average Bonchev–Trinajstić information content (AvgIpc) is 3.12. The van der Waals surface area contributed by atoms with Gasteiger partial charge < -0.3 is 14.5 Å². The van der Waals surface area contributed by atoms with Gasteiger partial charge in [0.05, 0.1) is 0 Å². The van der Waals surface area contributed by atoms with E-state index in [1.54, 1.807) is 18.3 Å². The molecule has 1 aliphatic heterocycles. The van der Waals surface area contributed by atoms with Crippen molar-refractivity contribution in [3.63, 3.8) is 0 Å². The van der Waals surface area contributed by atoms with E-state index < -0.39 is 11.8 Å². The van der Waals surface area contributed by atoms with E-state index in [4.69, 9.17) is 9.47 Å². The van der Waals surface area contributed by atoms with Gasteiger partial charge in [-0.05, 0) is 41.9 Å². The van der Waals surface area contributed by atoms with Crippen molar-refractivity contribution in [2.24, 2.45) is 0 Å². The van der Waals surface area contributed by atoms with Gasteiger partial charge in [0.1, 0.15) is 11.3 Å². The topological polar surface area (TPSA) is 92.5 Å². The molecule has 8 heteroatoms. The van der Waals surface area contributed by atoms with Crippen molar-refractivity contribution in [1.29, 1.82) is 0 Å². The molecule has 2 aromatic rings. The molecule has 1 aromatic heterocycles. The molecule has 3 N–H and O–H groups in total. The first-order valence-corrected chi connectivity index (χ1v) is 8.50. The number of carbonyl (C=O) groups excluding carboxylic acids is 2. The zero-order chi connectivity index (χ0) is 18.0. The van der Waals surface area contributed by atoms with Crippen LogP contribution in [0.2, 0.25) is 0 Å². The summed E-state index contributed by atoms with van der Waals surface area (Å²) < 4.78 is 12.2. The molecule has 2 heterocycles. The number of rotatable bonds is 4. The molecule has 0 bridgehead atoms. The van der Waals surface area contributed by atoms with E-state index in [9.17, 15) is 9.59 Å². The first kappa shape index (κ1) is 17.3. The molecule has 0 saturated carbocycles. The monoisotopic (exact) mass is 407 g/mol. The van der Waals surface area contributed by atoms with E-state index in [0.29, 0.717) is 17.2 Å². The summed E-state index contributed by atoms with van der Waals surface area (Å²) >= 11 is 3.23. The Morgan fingerprint density at radius 3 is 2.88 bits per heavy atom. The molecule has 0 aliphatic carbocycles. The molecule has 1 aromatic carbocycles. The highest BCUT2D eigenvalue weighted by Crippen LogP contribution is 2.41. The molecule has 0 saturated heterocycles. The summed E-state index contributed by atoms with van der Waals surface area (Å²) in [6.07, 6.45) is 2.41. The lowest BCUT2D eigenvalue weighted by Crippen LogP contribution is -2.43. The van der Waals surface area contributed by atoms with Crippen LogP contribution in [0.5, 0.6) is 11.5 Å². The molecule has 0 unspecified atom stereocenters. The Kier molecular flexibility index (Phi) is 4.71. The van der Waals surface area contributed by atoms with E-state index in [1.165, 1.54) is 0 Å². The number of ether oxygens (including phenoxy) is 2. The zero-order valence-corrected chi connectivity index (χ0v) is 15.4. The first-order valence-electron chi connectivity index (χ1n) is 7.71. The number of hydrogen-bond donors (Lipinski definition) is 3. The van der Waals surface area contributed by atoms with Crippen LogP contribution >= 0.6 is 15.9 Å². The van der Waals surface area contributed by atoms with Crippen molar-refractivity contribution < 1.29 is 19.1 Å². The van der Waals surface area contributed by atoms with Gasteiger partial charge in [-0.3, -0.25) is 20.4 Å². The van der Waals surface area contributed by atoms with E-state index >= 15 is 0 Å². The summed E-state index contributed by atoms with van der Waals surface area (Å²) in [6.45, 7) is 3.75. The highest BCUT2D eigenvalue weighted by atomic mass is 79.9. The van der Waals surface area contributed by atoms with Gasteiger partial charge in [0, 0.05) is 22.7 Å². The lowest BCUT2D eigenvalue weighted by atomic mass is 10.0. The van der Waals surface area contributed by atoms with E-state index in [2.05, 4.69) is 31.8 Å². The summed E-state index contributed by atoms with van der Waals surface area (Å²) in [4.78, 5) is 26.5. The minimum Gasteiger partial charge on any atom is -0.483 e. The van der Waals surface area contributed by atoms with Gasteiger partial charge in [-0.2, -0.15) is 0 Å². The van der Waals surface area contributed by atoms with Gasteiger partial charge in [-0.15, -0.1) is 0 Å². The quantitative estimate of drug-likeness (QED) is 0.678. The van der Waals surface area contributed by atoms with Gasteiger partial charge in [-0.25, -0.2) is 0 Å². The van der Waals surface area contributed by atoms with Crippen LogP contribution < -0.4 is 20.3 Å². The molecule has 0 radical (unpaired) electrons. The maximum absolute atomic E-state index is 11.9. The Labute approximate surface area is 153 Å². The highest BCUT2D eigenvalue weighted by molar-refractivity contribution is 9.10. The third kappa shape index (κ3) is 4.14. The van der Waals surface area contributed by atoms with Crippen molar-refractivity contribution in [1.82, 2.24) is 15.8 Å². The third-order valence-electron chi connectivity index (χ3n) is 3.62. The van der Waals surface area contributed by atoms with Crippen LogP contribution in [0.25, 0.3) is 0 Å². The summed E-state index contributed by atoms with van der Waals surface area (Å²) in [5, 5.41) is 0. The summed E-state index contributed by atoms with van der Waals surface area (Å²) in [5.74, 6) is 0.247. The zero-order valence-electron chi connectivity index (χ0n) is 13.8. The Hall–Kier alpha value is -2.48. The SMILES string of the molecule is CC1(C)Cc2cccc(OCC(=O)NNC(=O)c3cc(Br)c[nH]3)c2O1. The Balaban J connectivity index is 1.52. The Morgan fingerprint density at radius 2 is 2.16 bits per heavy atom. The second kappa shape index (κ2) is 6.79. The van der Waals surface area contributed by atoms with Crippen LogP contribution in [0, 0.1) is 0 Å². The number of fused-ring (bicyclic) bond motifs is 1. The number of nitrogens with one attached hydrogen (secondary N) is 3. The van der Waals surface area contributed by atoms with Crippen LogP contribution in [0.4, 0.5) is 0 Å². The minimum absolute atomic E-state index is 0.241. The molecule has 0 fully saturated rings. The summed E-state index contributed by atoms with van der Waals surface area (Å²) in [5.41, 5.74) is 5.70. The maximum Gasteiger partial charge on any atom is 0.286 e. The lowest BCUT2D eigenvalue weighted by molar-refractivity contribution is -0.123. The van der Waals surface area contributed by atoms with Crippen molar-refractivity contribution in [2.75, 3.05) is 6.61 Å². The smallest absolute Gasteiger partial charge is 0.286 e. The fraction of sp³-hybridized carbons (Fsp3) is 0.294. The second-order valence-corrected chi connectivity index (χ2v) is 7.22. The number of amides is 2. The van der Waals surface area contributed by atoms with Crippen molar-refractivity contribution in [3.8, 4) is 11.5 Å². The van der Waals surface area contributed by atoms with Gasteiger partial charge in [-0.1, -0.05) is 12.1 Å². The summed E-state index contributed by atoms with van der Waals surface area (Å²) in [6, 6.07) is 7.19. The Morgan fingerprint density at radius 1 is 1.36 bits per heavy atom. The van der Waals surface area contributed by atoms with Crippen molar-refractivity contribution in [2.45, 2.75) is 25.9 Å². The summed E-state index contributed by atoms with van der Waals surface area (Å²) in [7, 11) is 0. The van der Waals surface area contributed by atoms with Crippen LogP contribution in [-0.4, -0.2) is 29.0 Å². The molecule has 0 spiro atoms. The maximum atomic E-state index is 11.9. The number of benzene rings is 1. The third-order valence-corrected chi connectivity index (χ3v) is 4.08. The molecule has 3 rings (SSSR count). The number of halogens is 1. The molecule has 0 atom stereocenters. The second-order valence-electron chi connectivity index (χ2n) is 6.31. The van der Waals surface area contributed by atoms with E-state index in [1.807, 2.05) is 26.0 Å². The molecule has 2 amide bonds. The normalized spacial score (nSPS) is 14.4. The van der Waals surface area contributed by atoms with E-state index in [0.717, 1.165) is 16.5 Å². The number of aromatic amines is 1. The first-order chi connectivity index (χ1) is 11.8. The van der Waals surface area contributed by atoms with Crippen LogP contribution in [-0.2, 0) is 11.2 Å². The van der Waals surface area contributed by atoms with Gasteiger partial charge in [0.15, 0.2) is 18.1 Å². The van der Waals surface area contributed by atoms with Gasteiger partial charge in [0.2, 0.25) is 0 Å². The standard InChI is InChI=1S/C17H18BrN3O4/c1-17(2)7-10-4-3-5-13(15(10)25-17)24-9-14(22)20-21-16(23)12-6-11(18)8-19-12/h3-6,8,19H,7,9H2,1-2H3,(H,20,22)(H,21,23). The van der Waals surface area contributed by atoms with E-state index in [-0.39, 0.29) is 12.2 Å². The van der Waals surface area contributed by atoms with Crippen molar-refractivity contribution >= 4 is 27.7 Å². The largest absolute Gasteiger partial charge is 0.483 e. The van der Waals surface area contributed by atoms with Gasteiger partial charge in [0.25, 0.3) is 11.8 Å². The lowest BCUT2D eigenvalue weighted by Gasteiger charge is -2.18. The minimum atomic E-state index is -0.478. The number of para-hydroxylation sites is 1. The van der Waals surface area contributed by atoms with Crippen LogP contribution in [0.1, 0.15) is 29.9 Å². The van der Waals surface area contributed by atoms with Crippen LogP contribution in [0.15, 0.2) is 34.9 Å². The predicted octanol–water partition coefficient (Wildman–Crippen LogP) is 2.33.